The molecule has 2 amide bonds. The summed E-state index contributed by atoms with van der Waals surface area (Å²) >= 11 is 12.2. The Balaban J connectivity index is 1.84. The van der Waals surface area contributed by atoms with Crippen LogP contribution >= 0.6 is 23.2 Å². The van der Waals surface area contributed by atoms with Crippen LogP contribution in [0.5, 0.6) is 0 Å². The van der Waals surface area contributed by atoms with Crippen molar-refractivity contribution in [1.29, 1.82) is 0 Å². The van der Waals surface area contributed by atoms with Crippen molar-refractivity contribution >= 4 is 40.7 Å². The van der Waals surface area contributed by atoms with Crippen LogP contribution < -0.4 is 4.90 Å². The van der Waals surface area contributed by atoms with Gasteiger partial charge in [0.1, 0.15) is 0 Å². The molecule has 0 N–H and O–H groups in total. The molecule has 2 saturated heterocycles. The summed E-state index contributed by atoms with van der Waals surface area (Å²) in [6, 6.07) is 4.63. The average molecular weight is 341 g/mol. The molecule has 0 radical (unpaired) electrons. The molecule has 1 aromatic rings. The summed E-state index contributed by atoms with van der Waals surface area (Å²) in [5.41, 5.74) is 0.386. The first-order valence-corrected chi connectivity index (χ1v) is 8.29. The SMILES string of the molecule is CC1CCN(C2CC(=O)N(c3cccc(Cl)c3Cl)C2=O)CC1. The van der Waals surface area contributed by atoms with Crippen molar-refractivity contribution in [3.05, 3.63) is 28.2 Å². The zero-order valence-corrected chi connectivity index (χ0v) is 13.9. The number of anilines is 1. The van der Waals surface area contributed by atoms with Gasteiger partial charge in [0.05, 0.1) is 28.2 Å². The van der Waals surface area contributed by atoms with Gasteiger partial charge >= 0.3 is 0 Å². The van der Waals surface area contributed by atoms with Crippen molar-refractivity contribution in [3.63, 3.8) is 0 Å². The Morgan fingerprint density at radius 2 is 1.82 bits per heavy atom. The summed E-state index contributed by atoms with van der Waals surface area (Å²) in [6.07, 6.45) is 2.35. The zero-order chi connectivity index (χ0) is 15.9. The quantitative estimate of drug-likeness (QED) is 0.775. The zero-order valence-electron chi connectivity index (χ0n) is 12.4. The minimum Gasteiger partial charge on any atom is -0.292 e. The summed E-state index contributed by atoms with van der Waals surface area (Å²) in [4.78, 5) is 28.4. The first kappa shape index (κ1) is 15.8. The molecule has 0 aromatic heterocycles. The van der Waals surface area contributed by atoms with E-state index in [9.17, 15) is 9.59 Å². The highest BCUT2D eigenvalue weighted by Gasteiger charge is 2.43. The van der Waals surface area contributed by atoms with E-state index in [2.05, 4.69) is 11.8 Å². The van der Waals surface area contributed by atoms with Crippen LogP contribution in [-0.2, 0) is 9.59 Å². The molecular formula is C16H18Cl2N2O2. The van der Waals surface area contributed by atoms with Gasteiger partial charge in [0.2, 0.25) is 5.91 Å². The fourth-order valence-electron chi connectivity index (χ4n) is 3.16. The van der Waals surface area contributed by atoms with Crippen molar-refractivity contribution in [3.8, 4) is 0 Å². The van der Waals surface area contributed by atoms with E-state index >= 15 is 0 Å². The van der Waals surface area contributed by atoms with Gasteiger partial charge in [-0.05, 0) is 44.0 Å². The fraction of sp³-hybridized carbons (Fsp3) is 0.500. The lowest BCUT2D eigenvalue weighted by Gasteiger charge is -2.33. The van der Waals surface area contributed by atoms with Crippen LogP contribution in [0.15, 0.2) is 18.2 Å². The predicted molar refractivity (Wildman–Crippen MR) is 87.3 cm³/mol. The van der Waals surface area contributed by atoms with Crippen molar-refractivity contribution in [2.75, 3.05) is 18.0 Å². The minimum absolute atomic E-state index is 0.191. The van der Waals surface area contributed by atoms with Crippen molar-refractivity contribution in [2.45, 2.75) is 32.2 Å². The van der Waals surface area contributed by atoms with Crippen LogP contribution in [0.4, 0.5) is 5.69 Å². The second kappa shape index (κ2) is 6.19. The molecule has 1 aromatic carbocycles. The molecule has 2 heterocycles. The van der Waals surface area contributed by atoms with Crippen molar-refractivity contribution < 1.29 is 9.59 Å². The van der Waals surface area contributed by atoms with E-state index < -0.39 is 0 Å². The lowest BCUT2D eigenvalue weighted by Crippen LogP contribution is -2.45. The van der Waals surface area contributed by atoms with E-state index in [1.54, 1.807) is 18.2 Å². The number of amides is 2. The maximum Gasteiger partial charge on any atom is 0.251 e. The van der Waals surface area contributed by atoms with Gasteiger partial charge in [-0.2, -0.15) is 0 Å². The maximum absolute atomic E-state index is 12.7. The van der Waals surface area contributed by atoms with E-state index in [1.807, 2.05) is 0 Å². The Morgan fingerprint density at radius 3 is 2.50 bits per heavy atom. The molecule has 2 aliphatic heterocycles. The Kier molecular flexibility index (Phi) is 4.44. The van der Waals surface area contributed by atoms with Gasteiger partial charge in [0, 0.05) is 0 Å². The molecule has 0 saturated carbocycles. The van der Waals surface area contributed by atoms with E-state index in [0.29, 0.717) is 16.6 Å². The molecule has 0 spiro atoms. The van der Waals surface area contributed by atoms with Crippen LogP contribution in [0, 0.1) is 5.92 Å². The molecule has 1 atom stereocenters. The standard InChI is InChI=1S/C16H18Cl2N2O2/c1-10-5-7-19(8-6-10)13-9-14(21)20(16(13)22)12-4-2-3-11(17)15(12)18/h2-4,10,13H,5-9H2,1H3. The molecule has 0 bridgehead atoms. The first-order chi connectivity index (χ1) is 10.5. The molecule has 4 nitrogen and oxygen atoms in total. The van der Waals surface area contributed by atoms with E-state index in [-0.39, 0.29) is 29.3 Å². The molecule has 118 valence electrons. The van der Waals surface area contributed by atoms with Gasteiger partial charge in [0.15, 0.2) is 0 Å². The third-order valence-electron chi connectivity index (χ3n) is 4.55. The lowest BCUT2D eigenvalue weighted by atomic mass is 9.97. The average Bonchev–Trinajstić information content (AvgIpc) is 2.78. The molecular weight excluding hydrogens is 323 g/mol. The Hall–Kier alpha value is -1.10. The van der Waals surface area contributed by atoms with Gasteiger partial charge in [-0.3, -0.25) is 14.5 Å². The van der Waals surface area contributed by atoms with Crippen molar-refractivity contribution in [2.24, 2.45) is 5.92 Å². The second-order valence-corrected chi connectivity index (χ2v) is 6.86. The van der Waals surface area contributed by atoms with Gasteiger partial charge in [0.25, 0.3) is 5.91 Å². The fourth-order valence-corrected chi connectivity index (χ4v) is 3.54. The number of piperidine rings is 1. The number of halogens is 2. The third-order valence-corrected chi connectivity index (χ3v) is 5.36. The van der Waals surface area contributed by atoms with Crippen LogP contribution in [0.1, 0.15) is 26.2 Å². The highest BCUT2D eigenvalue weighted by molar-refractivity contribution is 6.44. The van der Waals surface area contributed by atoms with Gasteiger partial charge < -0.3 is 0 Å². The number of benzene rings is 1. The molecule has 3 rings (SSSR count). The number of nitrogens with zero attached hydrogens (tertiary/aromatic N) is 2. The van der Waals surface area contributed by atoms with E-state index in [1.165, 1.54) is 4.90 Å². The molecule has 1 unspecified atom stereocenters. The lowest BCUT2D eigenvalue weighted by molar-refractivity contribution is -0.123. The molecule has 6 heteroatoms. The van der Waals surface area contributed by atoms with Gasteiger partial charge in [-0.15, -0.1) is 0 Å². The monoisotopic (exact) mass is 340 g/mol. The Bertz CT molecular complexity index is 612. The van der Waals surface area contributed by atoms with Crippen LogP contribution in [0.25, 0.3) is 0 Å². The predicted octanol–water partition coefficient (Wildman–Crippen LogP) is 3.36. The first-order valence-electron chi connectivity index (χ1n) is 7.54. The largest absolute Gasteiger partial charge is 0.292 e. The van der Waals surface area contributed by atoms with Crippen LogP contribution in [0.2, 0.25) is 10.0 Å². The second-order valence-electron chi connectivity index (χ2n) is 6.08. The van der Waals surface area contributed by atoms with E-state index in [0.717, 1.165) is 25.9 Å². The van der Waals surface area contributed by atoms with Gasteiger partial charge in [-0.1, -0.05) is 36.2 Å². The highest BCUT2D eigenvalue weighted by Crippen LogP contribution is 2.36. The summed E-state index contributed by atoms with van der Waals surface area (Å²) in [5.74, 6) is 0.281. The van der Waals surface area contributed by atoms with E-state index in [4.69, 9.17) is 23.2 Å². The molecule has 2 aliphatic rings. The molecule has 0 aliphatic carbocycles. The molecule has 22 heavy (non-hydrogen) atoms. The summed E-state index contributed by atoms with van der Waals surface area (Å²) in [6.45, 7) is 3.95. The minimum atomic E-state index is -0.366. The number of rotatable bonds is 2. The number of imide groups is 1. The Morgan fingerprint density at radius 1 is 1.14 bits per heavy atom. The summed E-state index contributed by atoms with van der Waals surface area (Å²) < 4.78 is 0. The van der Waals surface area contributed by atoms with Crippen LogP contribution in [-0.4, -0.2) is 35.8 Å². The highest BCUT2D eigenvalue weighted by atomic mass is 35.5. The van der Waals surface area contributed by atoms with Gasteiger partial charge in [-0.25, -0.2) is 4.90 Å². The third kappa shape index (κ3) is 2.75. The smallest absolute Gasteiger partial charge is 0.251 e. The summed E-state index contributed by atoms with van der Waals surface area (Å²) in [7, 11) is 0. The van der Waals surface area contributed by atoms with Crippen molar-refractivity contribution in [1.82, 2.24) is 4.90 Å². The molecule has 2 fully saturated rings. The number of carbonyl (C=O) groups is 2. The number of carbonyl (C=O) groups excluding carboxylic acids is 2. The van der Waals surface area contributed by atoms with Crippen LogP contribution in [0.3, 0.4) is 0 Å². The maximum atomic E-state index is 12.7. The Labute approximate surface area is 140 Å². The number of likely N-dealkylation sites (tertiary alicyclic amines) is 1. The summed E-state index contributed by atoms with van der Waals surface area (Å²) in [5, 5.41) is 0.591. The number of hydrogen-bond acceptors (Lipinski definition) is 3. The topological polar surface area (TPSA) is 40.6 Å². The number of hydrogen-bond donors (Lipinski definition) is 0. The normalized spacial score (nSPS) is 24.3.